The summed E-state index contributed by atoms with van der Waals surface area (Å²) in [5.74, 6) is 0.269. The van der Waals surface area contributed by atoms with Gasteiger partial charge in [-0.15, -0.1) is 12.4 Å². The molecular formula is C15H21Cl3N2O2. The molecule has 0 saturated heterocycles. The summed E-state index contributed by atoms with van der Waals surface area (Å²) in [6, 6.07) is 4.91. The third-order valence-corrected chi connectivity index (χ3v) is 4.44. The zero-order chi connectivity index (χ0) is 15.5. The minimum atomic E-state index is -0.646. The molecule has 0 aliphatic heterocycles. The molecule has 0 heterocycles. The SMILES string of the molecule is CC(Oc1ccc(Cl)cc1Cl)C(=O)NC1(CN)CCCC1.Cl. The van der Waals surface area contributed by atoms with Crippen LogP contribution in [0.1, 0.15) is 32.6 Å². The Kier molecular flexibility index (Phi) is 7.26. The molecule has 2 rings (SSSR count). The summed E-state index contributed by atoms with van der Waals surface area (Å²) in [7, 11) is 0. The lowest BCUT2D eigenvalue weighted by molar-refractivity contribution is -0.129. The van der Waals surface area contributed by atoms with E-state index in [2.05, 4.69) is 5.32 Å². The molecule has 1 aliphatic rings. The molecule has 4 nitrogen and oxygen atoms in total. The van der Waals surface area contributed by atoms with Crippen molar-refractivity contribution < 1.29 is 9.53 Å². The maximum absolute atomic E-state index is 12.3. The Morgan fingerprint density at radius 1 is 1.41 bits per heavy atom. The monoisotopic (exact) mass is 366 g/mol. The van der Waals surface area contributed by atoms with Crippen LogP contribution in [0.15, 0.2) is 18.2 Å². The van der Waals surface area contributed by atoms with Crippen LogP contribution in [0.2, 0.25) is 10.0 Å². The Balaban J connectivity index is 0.00000242. The van der Waals surface area contributed by atoms with Crippen LogP contribution in [-0.4, -0.2) is 24.1 Å². The molecule has 1 aromatic carbocycles. The van der Waals surface area contributed by atoms with Crippen LogP contribution in [0.3, 0.4) is 0 Å². The van der Waals surface area contributed by atoms with Crippen molar-refractivity contribution in [2.24, 2.45) is 5.73 Å². The second-order valence-electron chi connectivity index (χ2n) is 5.52. The highest BCUT2D eigenvalue weighted by atomic mass is 35.5. The number of hydrogen-bond acceptors (Lipinski definition) is 3. The topological polar surface area (TPSA) is 64.3 Å². The maximum atomic E-state index is 12.3. The molecule has 1 aromatic rings. The van der Waals surface area contributed by atoms with Gasteiger partial charge in [-0.3, -0.25) is 4.79 Å². The quantitative estimate of drug-likeness (QED) is 0.836. The molecular weight excluding hydrogens is 347 g/mol. The summed E-state index contributed by atoms with van der Waals surface area (Å²) in [5.41, 5.74) is 5.54. The summed E-state index contributed by atoms with van der Waals surface area (Å²) >= 11 is 11.9. The van der Waals surface area contributed by atoms with Gasteiger partial charge in [0.05, 0.1) is 10.6 Å². The van der Waals surface area contributed by atoms with Gasteiger partial charge in [-0.05, 0) is 38.0 Å². The summed E-state index contributed by atoms with van der Waals surface area (Å²) in [5, 5.41) is 3.95. The van der Waals surface area contributed by atoms with Crippen LogP contribution in [0.5, 0.6) is 5.75 Å². The molecule has 1 saturated carbocycles. The van der Waals surface area contributed by atoms with Crippen molar-refractivity contribution >= 4 is 41.5 Å². The molecule has 0 aromatic heterocycles. The van der Waals surface area contributed by atoms with Gasteiger partial charge in [0.25, 0.3) is 5.91 Å². The average molecular weight is 368 g/mol. The van der Waals surface area contributed by atoms with Gasteiger partial charge in [0.1, 0.15) is 5.75 Å². The van der Waals surface area contributed by atoms with Crippen molar-refractivity contribution in [2.75, 3.05) is 6.54 Å². The van der Waals surface area contributed by atoms with Crippen LogP contribution >= 0.6 is 35.6 Å². The van der Waals surface area contributed by atoms with Gasteiger partial charge >= 0.3 is 0 Å². The maximum Gasteiger partial charge on any atom is 0.261 e. The Bertz CT molecular complexity index is 520. The highest BCUT2D eigenvalue weighted by Crippen LogP contribution is 2.30. The number of halogens is 3. The Labute approximate surface area is 147 Å². The lowest BCUT2D eigenvalue weighted by Crippen LogP contribution is -2.54. The zero-order valence-electron chi connectivity index (χ0n) is 12.4. The van der Waals surface area contributed by atoms with E-state index < -0.39 is 6.10 Å². The molecule has 7 heteroatoms. The van der Waals surface area contributed by atoms with Crippen molar-refractivity contribution in [1.29, 1.82) is 0 Å². The molecule has 0 spiro atoms. The molecule has 3 N–H and O–H groups in total. The largest absolute Gasteiger partial charge is 0.479 e. The summed E-state index contributed by atoms with van der Waals surface area (Å²) in [6.45, 7) is 2.15. The van der Waals surface area contributed by atoms with Crippen molar-refractivity contribution in [3.63, 3.8) is 0 Å². The summed E-state index contributed by atoms with van der Waals surface area (Å²) in [4.78, 5) is 12.3. The number of carbonyl (C=O) groups is 1. The molecule has 1 atom stereocenters. The van der Waals surface area contributed by atoms with Gasteiger partial charge < -0.3 is 15.8 Å². The molecule has 0 bridgehead atoms. The van der Waals surface area contributed by atoms with E-state index in [4.69, 9.17) is 33.7 Å². The standard InChI is InChI=1S/C15H20Cl2N2O2.ClH/c1-10(21-13-5-4-11(16)8-12(13)17)14(20)19-15(9-18)6-2-3-7-15;/h4-5,8,10H,2-3,6-7,9,18H2,1H3,(H,19,20);1H. The smallest absolute Gasteiger partial charge is 0.261 e. The van der Waals surface area contributed by atoms with Crippen molar-refractivity contribution in [2.45, 2.75) is 44.2 Å². The first-order chi connectivity index (χ1) is 9.96. The van der Waals surface area contributed by atoms with Crippen LogP contribution in [0.4, 0.5) is 0 Å². The van der Waals surface area contributed by atoms with E-state index >= 15 is 0 Å². The number of rotatable bonds is 5. The highest BCUT2D eigenvalue weighted by molar-refractivity contribution is 6.35. The fourth-order valence-electron chi connectivity index (χ4n) is 2.61. The molecule has 1 aliphatic carbocycles. The zero-order valence-corrected chi connectivity index (χ0v) is 14.7. The lowest BCUT2D eigenvalue weighted by Gasteiger charge is -2.30. The fourth-order valence-corrected chi connectivity index (χ4v) is 3.06. The Morgan fingerprint density at radius 2 is 2.05 bits per heavy atom. The van der Waals surface area contributed by atoms with E-state index in [-0.39, 0.29) is 23.9 Å². The number of nitrogens with one attached hydrogen (secondary N) is 1. The predicted octanol–water partition coefficient (Wildman–Crippen LogP) is 3.57. The van der Waals surface area contributed by atoms with E-state index in [1.54, 1.807) is 25.1 Å². The molecule has 22 heavy (non-hydrogen) atoms. The second-order valence-corrected chi connectivity index (χ2v) is 6.36. The number of amides is 1. The van der Waals surface area contributed by atoms with Gasteiger partial charge in [0.15, 0.2) is 6.10 Å². The molecule has 0 radical (unpaired) electrons. The van der Waals surface area contributed by atoms with Crippen molar-refractivity contribution in [3.05, 3.63) is 28.2 Å². The van der Waals surface area contributed by atoms with E-state index in [0.29, 0.717) is 22.3 Å². The average Bonchev–Trinajstić information content (AvgIpc) is 2.91. The van der Waals surface area contributed by atoms with Gasteiger partial charge in [0, 0.05) is 11.6 Å². The summed E-state index contributed by atoms with van der Waals surface area (Å²) < 4.78 is 5.62. The number of carbonyl (C=O) groups excluding carboxylic acids is 1. The Morgan fingerprint density at radius 3 is 2.59 bits per heavy atom. The number of benzene rings is 1. The van der Waals surface area contributed by atoms with Crippen LogP contribution in [0, 0.1) is 0 Å². The third kappa shape index (κ3) is 4.66. The number of hydrogen-bond donors (Lipinski definition) is 2. The lowest BCUT2D eigenvalue weighted by atomic mass is 9.97. The van der Waals surface area contributed by atoms with Gasteiger partial charge in [0.2, 0.25) is 0 Å². The van der Waals surface area contributed by atoms with Gasteiger partial charge in [-0.2, -0.15) is 0 Å². The minimum absolute atomic E-state index is 0. The van der Waals surface area contributed by atoms with Gasteiger partial charge in [-0.25, -0.2) is 0 Å². The molecule has 1 fully saturated rings. The summed E-state index contributed by atoms with van der Waals surface area (Å²) in [6.07, 6.45) is 3.38. The van der Waals surface area contributed by atoms with E-state index in [1.807, 2.05) is 0 Å². The van der Waals surface area contributed by atoms with E-state index in [9.17, 15) is 4.79 Å². The van der Waals surface area contributed by atoms with Crippen molar-refractivity contribution in [1.82, 2.24) is 5.32 Å². The normalized spacial score (nSPS) is 17.5. The first kappa shape index (κ1) is 19.4. The minimum Gasteiger partial charge on any atom is -0.479 e. The first-order valence-electron chi connectivity index (χ1n) is 7.09. The van der Waals surface area contributed by atoms with E-state index in [0.717, 1.165) is 25.7 Å². The van der Waals surface area contributed by atoms with Crippen LogP contribution in [-0.2, 0) is 4.79 Å². The highest BCUT2D eigenvalue weighted by Gasteiger charge is 2.35. The van der Waals surface area contributed by atoms with Crippen LogP contribution in [0.25, 0.3) is 0 Å². The van der Waals surface area contributed by atoms with Crippen molar-refractivity contribution in [3.8, 4) is 5.75 Å². The van der Waals surface area contributed by atoms with E-state index in [1.165, 1.54) is 0 Å². The van der Waals surface area contributed by atoms with Crippen LogP contribution < -0.4 is 15.8 Å². The predicted molar refractivity (Wildman–Crippen MR) is 92.2 cm³/mol. The molecule has 124 valence electrons. The second kappa shape index (κ2) is 8.25. The molecule has 1 amide bonds. The first-order valence-corrected chi connectivity index (χ1v) is 7.85. The third-order valence-electron chi connectivity index (χ3n) is 3.91. The Hall–Kier alpha value is -0.680. The number of ether oxygens (including phenoxy) is 1. The molecule has 1 unspecified atom stereocenters. The number of nitrogens with two attached hydrogens (primary N) is 1. The fraction of sp³-hybridized carbons (Fsp3) is 0.533. The van der Waals surface area contributed by atoms with Gasteiger partial charge in [-0.1, -0.05) is 36.0 Å².